The zero-order valence-corrected chi connectivity index (χ0v) is 18.1. The van der Waals surface area contributed by atoms with Gasteiger partial charge in [-0.15, -0.1) is 0 Å². The summed E-state index contributed by atoms with van der Waals surface area (Å²) < 4.78 is 16.8. The van der Waals surface area contributed by atoms with Crippen LogP contribution in [-0.2, 0) is 21.4 Å². The maximum Gasteiger partial charge on any atom is 0.231 e. The number of ether oxygens (including phenoxy) is 3. The van der Waals surface area contributed by atoms with E-state index in [1.54, 1.807) is 7.11 Å². The molecule has 0 radical (unpaired) electrons. The fraction of sp³-hybridized carbons (Fsp3) is 0.708. The molecule has 0 spiro atoms. The second-order valence-corrected chi connectivity index (χ2v) is 10.1. The second-order valence-electron chi connectivity index (χ2n) is 10.1. The molecule has 158 valence electrons. The Kier molecular flexibility index (Phi) is 4.39. The molecule has 2 unspecified atom stereocenters. The minimum absolute atomic E-state index is 0.00530. The van der Waals surface area contributed by atoms with Crippen LogP contribution in [0.5, 0.6) is 11.5 Å². The van der Waals surface area contributed by atoms with E-state index in [1.165, 1.54) is 11.1 Å². The molecular weight excluding hydrogens is 366 g/mol. The summed E-state index contributed by atoms with van der Waals surface area (Å²) in [6.45, 7) is 8.24. The van der Waals surface area contributed by atoms with Gasteiger partial charge in [0.15, 0.2) is 11.5 Å². The number of hydrogen-bond acceptors (Lipinski definition) is 4. The fourth-order valence-electron chi connectivity index (χ4n) is 6.35. The number of likely N-dealkylation sites (tertiary alicyclic amines) is 1. The number of amides is 1. The number of benzene rings is 1. The van der Waals surface area contributed by atoms with Gasteiger partial charge >= 0.3 is 0 Å². The molecule has 2 fully saturated rings. The standard InChI is InChI=1S/C24H33NO4/c1-23(2)21-12-16-11-19-20(29-14-28-19)13-18(16)24(23,3)9-10-25(21)22(26)15-5-7-17(27-4)8-6-15/h11,13,15,17,21H,5-10,12,14H2,1-4H3. The molecule has 4 aliphatic rings. The number of fused-ring (bicyclic) bond motifs is 5. The van der Waals surface area contributed by atoms with E-state index in [0.29, 0.717) is 18.8 Å². The molecule has 29 heavy (non-hydrogen) atoms. The highest BCUT2D eigenvalue weighted by atomic mass is 16.7. The highest BCUT2D eigenvalue weighted by Crippen LogP contribution is 2.58. The van der Waals surface area contributed by atoms with Crippen molar-refractivity contribution in [2.24, 2.45) is 11.3 Å². The molecule has 1 saturated carbocycles. The van der Waals surface area contributed by atoms with Gasteiger partial charge in [-0.2, -0.15) is 0 Å². The second kappa shape index (κ2) is 6.63. The third-order valence-electron chi connectivity index (χ3n) is 8.73. The van der Waals surface area contributed by atoms with Crippen molar-refractivity contribution in [1.82, 2.24) is 4.90 Å². The lowest BCUT2D eigenvalue weighted by atomic mass is 9.51. The highest BCUT2D eigenvalue weighted by Gasteiger charge is 2.57. The summed E-state index contributed by atoms with van der Waals surface area (Å²) in [5, 5.41) is 0. The molecule has 1 aromatic rings. The van der Waals surface area contributed by atoms with Crippen molar-refractivity contribution < 1.29 is 19.0 Å². The van der Waals surface area contributed by atoms with Gasteiger partial charge in [-0.05, 0) is 67.2 Å². The summed E-state index contributed by atoms with van der Waals surface area (Å²) in [7, 11) is 1.78. The Morgan fingerprint density at radius 1 is 1.10 bits per heavy atom. The topological polar surface area (TPSA) is 48.0 Å². The molecule has 1 amide bonds. The van der Waals surface area contributed by atoms with Crippen molar-refractivity contribution in [3.63, 3.8) is 0 Å². The van der Waals surface area contributed by atoms with Crippen LogP contribution in [0.1, 0.15) is 64.0 Å². The lowest BCUT2D eigenvalue weighted by Gasteiger charge is -2.61. The smallest absolute Gasteiger partial charge is 0.231 e. The van der Waals surface area contributed by atoms with Crippen molar-refractivity contribution in [2.75, 3.05) is 20.4 Å². The lowest BCUT2D eigenvalue weighted by Crippen LogP contribution is -2.65. The third kappa shape index (κ3) is 2.73. The molecular formula is C24H33NO4. The normalized spacial score (nSPS) is 34.6. The van der Waals surface area contributed by atoms with E-state index in [4.69, 9.17) is 14.2 Å². The summed E-state index contributed by atoms with van der Waals surface area (Å²) in [6, 6.07) is 4.59. The number of carbonyl (C=O) groups is 1. The third-order valence-corrected chi connectivity index (χ3v) is 8.73. The number of nitrogens with zero attached hydrogens (tertiary/aromatic N) is 1. The molecule has 0 aromatic heterocycles. The van der Waals surface area contributed by atoms with Crippen LogP contribution < -0.4 is 9.47 Å². The lowest BCUT2D eigenvalue weighted by molar-refractivity contribution is -0.150. The van der Waals surface area contributed by atoms with E-state index >= 15 is 0 Å². The van der Waals surface area contributed by atoms with Crippen LogP contribution in [0, 0.1) is 11.3 Å². The molecule has 1 saturated heterocycles. The summed E-state index contributed by atoms with van der Waals surface area (Å²) in [5.41, 5.74) is 2.74. The predicted octanol–water partition coefficient (Wildman–Crippen LogP) is 4.06. The molecule has 5 rings (SSSR count). The Bertz CT molecular complexity index is 826. The van der Waals surface area contributed by atoms with Crippen LogP contribution in [0.15, 0.2) is 12.1 Å². The Morgan fingerprint density at radius 3 is 2.48 bits per heavy atom. The Labute approximate surface area is 173 Å². The molecule has 1 aromatic carbocycles. The summed E-state index contributed by atoms with van der Waals surface area (Å²) in [6.07, 6.45) is 6.11. The average molecular weight is 400 g/mol. The maximum absolute atomic E-state index is 13.6. The van der Waals surface area contributed by atoms with Crippen LogP contribution in [0.25, 0.3) is 0 Å². The molecule has 2 bridgehead atoms. The first-order chi connectivity index (χ1) is 13.8. The summed E-state index contributed by atoms with van der Waals surface area (Å²) in [5.74, 6) is 2.23. The number of carbonyl (C=O) groups excluding carboxylic acids is 1. The van der Waals surface area contributed by atoms with Gasteiger partial charge < -0.3 is 19.1 Å². The largest absolute Gasteiger partial charge is 0.454 e. The van der Waals surface area contributed by atoms with Crippen LogP contribution in [0.3, 0.4) is 0 Å². The van der Waals surface area contributed by atoms with Crippen molar-refractivity contribution >= 4 is 5.91 Å². The Morgan fingerprint density at radius 2 is 1.79 bits per heavy atom. The minimum atomic E-state index is 0.00530. The zero-order chi connectivity index (χ0) is 20.4. The Balaban J connectivity index is 1.46. The van der Waals surface area contributed by atoms with E-state index in [-0.39, 0.29) is 22.8 Å². The molecule has 2 aliphatic heterocycles. The fourth-order valence-corrected chi connectivity index (χ4v) is 6.35. The van der Waals surface area contributed by atoms with Crippen molar-refractivity contribution in [2.45, 2.75) is 76.9 Å². The molecule has 2 heterocycles. The van der Waals surface area contributed by atoms with Gasteiger partial charge in [0.25, 0.3) is 0 Å². The molecule has 5 nitrogen and oxygen atoms in total. The van der Waals surface area contributed by atoms with Gasteiger partial charge in [0.05, 0.1) is 6.10 Å². The zero-order valence-electron chi connectivity index (χ0n) is 18.1. The van der Waals surface area contributed by atoms with Crippen LogP contribution in [0.4, 0.5) is 0 Å². The first-order valence-corrected chi connectivity index (χ1v) is 11.1. The van der Waals surface area contributed by atoms with Crippen molar-refractivity contribution in [3.8, 4) is 11.5 Å². The van der Waals surface area contributed by atoms with Gasteiger partial charge in [0, 0.05) is 31.0 Å². The van der Waals surface area contributed by atoms with E-state index in [1.807, 2.05) is 0 Å². The number of methoxy groups -OCH3 is 1. The van der Waals surface area contributed by atoms with Crippen LogP contribution in [0.2, 0.25) is 0 Å². The number of rotatable bonds is 2. The van der Waals surface area contributed by atoms with Crippen molar-refractivity contribution in [1.29, 1.82) is 0 Å². The first-order valence-electron chi connectivity index (χ1n) is 11.1. The van der Waals surface area contributed by atoms with E-state index in [2.05, 4.69) is 37.8 Å². The molecule has 2 atom stereocenters. The summed E-state index contributed by atoms with van der Waals surface area (Å²) in [4.78, 5) is 15.8. The quantitative estimate of drug-likeness (QED) is 0.752. The first kappa shape index (κ1) is 19.2. The SMILES string of the molecule is COC1CCC(C(=O)N2CCC3(C)c4cc5c(cc4CC2C3(C)C)OCO5)CC1. The molecule has 2 aliphatic carbocycles. The van der Waals surface area contributed by atoms with Crippen LogP contribution in [-0.4, -0.2) is 43.4 Å². The monoisotopic (exact) mass is 399 g/mol. The van der Waals surface area contributed by atoms with Gasteiger partial charge in [-0.25, -0.2) is 0 Å². The van der Waals surface area contributed by atoms with Gasteiger partial charge in [-0.1, -0.05) is 20.8 Å². The van der Waals surface area contributed by atoms with Gasteiger partial charge in [0.1, 0.15) is 0 Å². The van der Waals surface area contributed by atoms with Crippen LogP contribution >= 0.6 is 0 Å². The van der Waals surface area contributed by atoms with E-state index < -0.39 is 0 Å². The van der Waals surface area contributed by atoms with Gasteiger partial charge in [0.2, 0.25) is 12.7 Å². The maximum atomic E-state index is 13.6. The highest BCUT2D eigenvalue weighted by molar-refractivity contribution is 5.80. The van der Waals surface area contributed by atoms with E-state index in [0.717, 1.165) is 56.6 Å². The Hall–Kier alpha value is -1.75. The number of hydrogen-bond donors (Lipinski definition) is 0. The molecule has 5 heteroatoms. The predicted molar refractivity (Wildman–Crippen MR) is 110 cm³/mol. The number of piperidine rings is 1. The van der Waals surface area contributed by atoms with Crippen molar-refractivity contribution in [3.05, 3.63) is 23.3 Å². The molecule has 0 N–H and O–H groups in total. The van der Waals surface area contributed by atoms with E-state index in [9.17, 15) is 4.79 Å². The average Bonchev–Trinajstić information content (AvgIpc) is 3.17. The summed E-state index contributed by atoms with van der Waals surface area (Å²) >= 11 is 0. The van der Waals surface area contributed by atoms with Gasteiger partial charge in [-0.3, -0.25) is 4.79 Å². The minimum Gasteiger partial charge on any atom is -0.454 e.